The summed E-state index contributed by atoms with van der Waals surface area (Å²) >= 11 is 13.6. The van der Waals surface area contributed by atoms with Crippen molar-refractivity contribution in [2.24, 2.45) is 0 Å². The van der Waals surface area contributed by atoms with Gasteiger partial charge in [-0.1, -0.05) is 29.3 Å². The van der Waals surface area contributed by atoms with E-state index in [9.17, 15) is 9.59 Å². The third kappa shape index (κ3) is 5.89. The molecule has 0 aromatic heterocycles. The molecule has 3 rings (SSSR count). The van der Waals surface area contributed by atoms with Gasteiger partial charge in [-0.3, -0.25) is 9.59 Å². The van der Waals surface area contributed by atoms with E-state index in [0.29, 0.717) is 40.1 Å². The number of hydrogen-bond donors (Lipinski definition) is 1. The first kappa shape index (κ1) is 22.0. The van der Waals surface area contributed by atoms with Gasteiger partial charge in [-0.2, -0.15) is 0 Å². The molecule has 2 aromatic carbocycles. The third-order valence-corrected chi connectivity index (χ3v) is 6.35. The van der Waals surface area contributed by atoms with Crippen molar-refractivity contribution in [3.05, 3.63) is 57.6 Å². The summed E-state index contributed by atoms with van der Waals surface area (Å²) in [5.74, 6) is 0.266. The number of amides is 2. The molecule has 29 heavy (non-hydrogen) atoms. The van der Waals surface area contributed by atoms with E-state index in [0.717, 1.165) is 23.4 Å². The Balaban J connectivity index is 1.82. The molecule has 0 bridgehead atoms. The number of halogens is 2. The highest BCUT2D eigenvalue weighted by molar-refractivity contribution is 8.00. The van der Waals surface area contributed by atoms with Gasteiger partial charge in [0.1, 0.15) is 0 Å². The minimum absolute atomic E-state index is 0.0502. The molecule has 5 nitrogen and oxygen atoms in total. The van der Waals surface area contributed by atoms with Crippen LogP contribution >= 0.6 is 35.0 Å². The first-order valence-corrected chi connectivity index (χ1v) is 11.0. The summed E-state index contributed by atoms with van der Waals surface area (Å²) in [5, 5.41) is 3.81. The summed E-state index contributed by atoms with van der Waals surface area (Å²) in [6.45, 7) is 1.92. The smallest absolute Gasteiger partial charge is 0.254 e. The van der Waals surface area contributed by atoms with Crippen LogP contribution in [0.3, 0.4) is 0 Å². The fourth-order valence-electron chi connectivity index (χ4n) is 3.09. The number of thioether (sulfide) groups is 1. The first-order chi connectivity index (χ1) is 13.8. The van der Waals surface area contributed by atoms with Crippen molar-refractivity contribution in [1.29, 1.82) is 0 Å². The van der Waals surface area contributed by atoms with Crippen molar-refractivity contribution in [3.8, 4) is 0 Å². The molecule has 1 aliphatic rings. The molecule has 8 heteroatoms. The predicted octanol–water partition coefficient (Wildman–Crippen LogP) is 4.63. The van der Waals surface area contributed by atoms with Crippen LogP contribution in [0.5, 0.6) is 0 Å². The molecule has 2 aromatic rings. The lowest BCUT2D eigenvalue weighted by molar-refractivity contribution is -0.113. The summed E-state index contributed by atoms with van der Waals surface area (Å²) in [4.78, 5) is 29.8. The van der Waals surface area contributed by atoms with Crippen LogP contribution in [0.15, 0.2) is 41.3 Å². The number of carbonyl (C=O) groups is 2. The molecule has 0 saturated heterocycles. The molecule has 0 radical (unpaired) electrons. The maximum Gasteiger partial charge on any atom is 0.254 e. The number of benzene rings is 2. The third-order valence-electron chi connectivity index (χ3n) is 4.54. The summed E-state index contributed by atoms with van der Waals surface area (Å²) in [6, 6.07) is 10.9. The summed E-state index contributed by atoms with van der Waals surface area (Å²) in [7, 11) is 4.02. The van der Waals surface area contributed by atoms with Crippen LogP contribution in [0.4, 0.5) is 5.69 Å². The maximum absolute atomic E-state index is 13.3. The number of anilines is 1. The lowest BCUT2D eigenvalue weighted by atomic mass is 10.1. The van der Waals surface area contributed by atoms with Crippen LogP contribution in [-0.2, 0) is 11.3 Å². The van der Waals surface area contributed by atoms with Crippen LogP contribution < -0.4 is 5.32 Å². The van der Waals surface area contributed by atoms with Gasteiger partial charge in [0.15, 0.2) is 0 Å². The first-order valence-electron chi connectivity index (χ1n) is 9.28. The van der Waals surface area contributed by atoms with E-state index in [1.54, 1.807) is 18.2 Å². The van der Waals surface area contributed by atoms with E-state index >= 15 is 0 Å². The van der Waals surface area contributed by atoms with Crippen molar-refractivity contribution in [3.63, 3.8) is 0 Å². The zero-order valence-electron chi connectivity index (χ0n) is 16.4. The minimum Gasteiger partial charge on any atom is -0.334 e. The quantitative estimate of drug-likeness (QED) is 0.666. The van der Waals surface area contributed by atoms with E-state index in [-0.39, 0.29) is 11.8 Å². The number of nitrogens with zero attached hydrogens (tertiary/aromatic N) is 2. The molecule has 0 unspecified atom stereocenters. The van der Waals surface area contributed by atoms with Crippen molar-refractivity contribution in [1.82, 2.24) is 9.80 Å². The van der Waals surface area contributed by atoms with Gasteiger partial charge in [-0.15, -0.1) is 11.8 Å². The predicted molar refractivity (Wildman–Crippen MR) is 120 cm³/mol. The van der Waals surface area contributed by atoms with E-state index in [2.05, 4.69) is 10.2 Å². The zero-order chi connectivity index (χ0) is 21.0. The lowest BCUT2D eigenvalue weighted by Crippen LogP contribution is -2.33. The minimum atomic E-state index is -0.0811. The topological polar surface area (TPSA) is 52.6 Å². The van der Waals surface area contributed by atoms with Crippen LogP contribution in [0.2, 0.25) is 10.0 Å². The van der Waals surface area contributed by atoms with Crippen molar-refractivity contribution < 1.29 is 9.59 Å². The van der Waals surface area contributed by atoms with Crippen LogP contribution in [-0.4, -0.2) is 54.6 Å². The van der Waals surface area contributed by atoms with Gasteiger partial charge < -0.3 is 15.1 Å². The Bertz CT molecular complexity index is 921. The number of rotatable bonds is 7. The Morgan fingerprint density at radius 1 is 1.10 bits per heavy atom. The summed E-state index contributed by atoms with van der Waals surface area (Å²) in [6.07, 6.45) is 0.845. The monoisotopic (exact) mass is 451 g/mol. The second kappa shape index (κ2) is 9.85. The SMILES string of the molecule is CN(C)CCCN(Cc1ccc(Cl)c(Cl)c1)C(=O)c1ccc2c(c1)NC(=O)CS2. The molecule has 2 amide bonds. The summed E-state index contributed by atoms with van der Waals surface area (Å²) < 4.78 is 0. The van der Waals surface area contributed by atoms with Crippen LogP contribution in [0.25, 0.3) is 0 Å². The van der Waals surface area contributed by atoms with Crippen LogP contribution in [0, 0.1) is 0 Å². The normalized spacial score (nSPS) is 13.2. The molecule has 1 heterocycles. The fraction of sp³-hybridized carbons (Fsp3) is 0.333. The van der Waals surface area contributed by atoms with E-state index in [1.807, 2.05) is 37.2 Å². The second-order valence-electron chi connectivity index (χ2n) is 7.18. The van der Waals surface area contributed by atoms with Gasteiger partial charge in [-0.05, 0) is 63.0 Å². The highest BCUT2D eigenvalue weighted by Crippen LogP contribution is 2.32. The van der Waals surface area contributed by atoms with Crippen molar-refractivity contribution in [2.45, 2.75) is 17.9 Å². The van der Waals surface area contributed by atoms with E-state index < -0.39 is 0 Å². The number of fused-ring (bicyclic) bond motifs is 1. The number of nitrogens with one attached hydrogen (secondary N) is 1. The Morgan fingerprint density at radius 3 is 2.62 bits per heavy atom. The average Bonchev–Trinajstić information content (AvgIpc) is 2.68. The number of hydrogen-bond acceptors (Lipinski definition) is 4. The fourth-order valence-corrected chi connectivity index (χ4v) is 4.20. The second-order valence-corrected chi connectivity index (χ2v) is 9.01. The zero-order valence-corrected chi connectivity index (χ0v) is 18.7. The van der Waals surface area contributed by atoms with Gasteiger partial charge in [-0.25, -0.2) is 0 Å². The van der Waals surface area contributed by atoms with Gasteiger partial charge >= 0.3 is 0 Å². The Hall–Kier alpha value is -1.73. The number of carbonyl (C=O) groups excluding carboxylic acids is 2. The summed E-state index contributed by atoms with van der Waals surface area (Å²) in [5.41, 5.74) is 2.16. The molecule has 154 valence electrons. The molecule has 0 aliphatic carbocycles. The van der Waals surface area contributed by atoms with E-state index in [4.69, 9.17) is 23.2 Å². The lowest BCUT2D eigenvalue weighted by Gasteiger charge is -2.25. The molecular weight excluding hydrogens is 429 g/mol. The average molecular weight is 452 g/mol. The Kier molecular flexibility index (Phi) is 7.46. The molecule has 0 fully saturated rings. The van der Waals surface area contributed by atoms with Gasteiger partial charge in [0, 0.05) is 23.5 Å². The standard InChI is InChI=1S/C21H23Cl2N3O2S/c1-25(2)8-3-9-26(12-14-4-6-16(22)17(23)10-14)21(28)15-5-7-19-18(11-15)24-20(27)13-29-19/h4-7,10-11H,3,8-9,12-13H2,1-2H3,(H,24,27). The highest BCUT2D eigenvalue weighted by atomic mass is 35.5. The maximum atomic E-state index is 13.3. The molecule has 0 saturated carbocycles. The Labute approximate surface area is 185 Å². The van der Waals surface area contributed by atoms with Gasteiger partial charge in [0.05, 0.1) is 21.5 Å². The largest absolute Gasteiger partial charge is 0.334 e. The molecule has 0 spiro atoms. The Morgan fingerprint density at radius 2 is 1.90 bits per heavy atom. The van der Waals surface area contributed by atoms with E-state index in [1.165, 1.54) is 11.8 Å². The van der Waals surface area contributed by atoms with Crippen molar-refractivity contribution in [2.75, 3.05) is 38.3 Å². The molecule has 1 aliphatic heterocycles. The van der Waals surface area contributed by atoms with Crippen molar-refractivity contribution >= 4 is 52.5 Å². The van der Waals surface area contributed by atoms with Gasteiger partial charge in [0.25, 0.3) is 5.91 Å². The molecule has 0 atom stereocenters. The molecule has 1 N–H and O–H groups in total. The highest BCUT2D eigenvalue weighted by Gasteiger charge is 2.21. The van der Waals surface area contributed by atoms with Gasteiger partial charge in [0.2, 0.25) is 5.91 Å². The molecular formula is C21H23Cl2N3O2S. The van der Waals surface area contributed by atoms with Crippen LogP contribution in [0.1, 0.15) is 22.3 Å².